The topological polar surface area (TPSA) is 58.4 Å². The van der Waals surface area contributed by atoms with Crippen LogP contribution in [0.5, 0.6) is 0 Å². The van der Waals surface area contributed by atoms with Crippen molar-refractivity contribution in [2.45, 2.75) is 25.8 Å². The Kier molecular flexibility index (Phi) is 3.78. The monoisotopic (exact) mass is 267 g/mol. The fourth-order valence-corrected chi connectivity index (χ4v) is 2.26. The van der Waals surface area contributed by atoms with E-state index in [0.717, 1.165) is 0 Å². The average molecular weight is 268 g/mol. The molecule has 3 N–H and O–H groups in total. The number of halogens is 1. The van der Waals surface area contributed by atoms with Gasteiger partial charge in [-0.25, -0.2) is 0 Å². The summed E-state index contributed by atoms with van der Waals surface area (Å²) >= 11 is 5.94. The molecule has 0 bridgehead atoms. The predicted octanol–water partition coefficient (Wildman–Crippen LogP) is 2.50. The van der Waals surface area contributed by atoms with Gasteiger partial charge < -0.3 is 10.3 Å². The van der Waals surface area contributed by atoms with Crippen LogP contribution in [0, 0.1) is 5.92 Å². The molecule has 1 aliphatic rings. The van der Waals surface area contributed by atoms with Gasteiger partial charge in [-0.3, -0.25) is 10.6 Å². The molecule has 1 aromatic carbocycles. The van der Waals surface area contributed by atoms with Crippen molar-refractivity contribution in [2.75, 3.05) is 12.5 Å². The highest BCUT2D eigenvalue weighted by molar-refractivity contribution is 6.31. The number of hydrazine groups is 1. The molecule has 4 nitrogen and oxygen atoms in total. The van der Waals surface area contributed by atoms with Crippen molar-refractivity contribution in [2.24, 2.45) is 11.8 Å². The Morgan fingerprint density at radius 2 is 2.22 bits per heavy atom. The van der Waals surface area contributed by atoms with Crippen molar-refractivity contribution in [3.8, 4) is 0 Å². The summed E-state index contributed by atoms with van der Waals surface area (Å²) in [5.41, 5.74) is 3.65. The van der Waals surface area contributed by atoms with Gasteiger partial charge in [0.05, 0.1) is 11.3 Å². The minimum Gasteiger partial charge on any atom is -0.339 e. The van der Waals surface area contributed by atoms with Gasteiger partial charge in [-0.2, -0.15) is 0 Å². The van der Waals surface area contributed by atoms with Crippen LogP contribution in [0.1, 0.15) is 30.1 Å². The number of nitrogens with one attached hydrogen (secondary N) is 1. The molecule has 2 rings (SSSR count). The second kappa shape index (κ2) is 5.16. The molecule has 5 heteroatoms. The second-order valence-electron chi connectivity index (χ2n) is 4.83. The summed E-state index contributed by atoms with van der Waals surface area (Å²) in [5.74, 6) is 6.00. The molecule has 18 heavy (non-hydrogen) atoms. The maximum atomic E-state index is 12.4. The Morgan fingerprint density at radius 3 is 2.78 bits per heavy atom. The Balaban J connectivity index is 2.23. The van der Waals surface area contributed by atoms with Crippen LogP contribution in [0.15, 0.2) is 18.2 Å². The highest BCUT2D eigenvalue weighted by Gasteiger charge is 2.33. The molecule has 0 spiro atoms. The van der Waals surface area contributed by atoms with Gasteiger partial charge in [-0.1, -0.05) is 11.6 Å². The smallest absolute Gasteiger partial charge is 0.256 e. The zero-order valence-electron chi connectivity index (χ0n) is 10.6. The molecule has 1 saturated carbocycles. The SMILES string of the molecule is CC(C1CC1)N(C)C(=O)c1cc(Cl)ccc1NN. The maximum Gasteiger partial charge on any atom is 0.256 e. The number of rotatable bonds is 4. The Hall–Kier alpha value is -1.26. The fraction of sp³-hybridized carbons (Fsp3) is 0.462. The predicted molar refractivity (Wildman–Crippen MR) is 73.5 cm³/mol. The molecule has 0 aliphatic heterocycles. The van der Waals surface area contributed by atoms with Gasteiger partial charge >= 0.3 is 0 Å². The van der Waals surface area contributed by atoms with Crippen molar-refractivity contribution in [1.29, 1.82) is 0 Å². The van der Waals surface area contributed by atoms with Crippen LogP contribution >= 0.6 is 11.6 Å². The van der Waals surface area contributed by atoms with Crippen LogP contribution in [0.3, 0.4) is 0 Å². The van der Waals surface area contributed by atoms with E-state index in [9.17, 15) is 4.79 Å². The summed E-state index contributed by atoms with van der Waals surface area (Å²) < 4.78 is 0. The first-order chi connectivity index (χ1) is 8.54. The number of carbonyl (C=O) groups is 1. The van der Waals surface area contributed by atoms with E-state index < -0.39 is 0 Å². The number of nitrogens with two attached hydrogens (primary N) is 1. The lowest BCUT2D eigenvalue weighted by atomic mass is 10.1. The minimum absolute atomic E-state index is 0.0511. The molecule has 1 aromatic rings. The van der Waals surface area contributed by atoms with E-state index in [1.165, 1.54) is 12.8 Å². The van der Waals surface area contributed by atoms with Crippen LogP contribution < -0.4 is 11.3 Å². The summed E-state index contributed by atoms with van der Waals surface area (Å²) in [4.78, 5) is 14.2. The highest BCUT2D eigenvalue weighted by Crippen LogP contribution is 2.35. The van der Waals surface area contributed by atoms with Crippen molar-refractivity contribution in [3.63, 3.8) is 0 Å². The number of benzene rings is 1. The summed E-state index contributed by atoms with van der Waals surface area (Å²) in [6.07, 6.45) is 2.41. The average Bonchev–Trinajstić information content (AvgIpc) is 3.20. The van der Waals surface area contributed by atoms with Gasteiger partial charge in [0.15, 0.2) is 0 Å². The minimum atomic E-state index is -0.0511. The molecular weight excluding hydrogens is 250 g/mol. The maximum absolute atomic E-state index is 12.4. The van der Waals surface area contributed by atoms with Crippen LogP contribution in [-0.4, -0.2) is 23.9 Å². The quantitative estimate of drug-likeness (QED) is 0.651. The normalized spacial score (nSPS) is 16.2. The third-order valence-electron chi connectivity index (χ3n) is 3.60. The molecule has 1 amide bonds. The lowest BCUT2D eigenvalue weighted by Gasteiger charge is -2.25. The molecule has 1 unspecified atom stereocenters. The number of anilines is 1. The van der Waals surface area contributed by atoms with Crippen molar-refractivity contribution in [3.05, 3.63) is 28.8 Å². The lowest BCUT2D eigenvalue weighted by molar-refractivity contribution is 0.0728. The lowest BCUT2D eigenvalue weighted by Crippen LogP contribution is -2.37. The van der Waals surface area contributed by atoms with E-state index in [4.69, 9.17) is 17.4 Å². The summed E-state index contributed by atoms with van der Waals surface area (Å²) in [7, 11) is 1.83. The first-order valence-corrected chi connectivity index (χ1v) is 6.45. The van der Waals surface area contributed by atoms with Gasteiger partial charge in [0.25, 0.3) is 5.91 Å². The van der Waals surface area contributed by atoms with Crippen molar-refractivity contribution >= 4 is 23.2 Å². The van der Waals surface area contributed by atoms with Crippen LogP contribution in [0.2, 0.25) is 5.02 Å². The molecule has 0 radical (unpaired) electrons. The molecule has 98 valence electrons. The third-order valence-corrected chi connectivity index (χ3v) is 3.84. The zero-order chi connectivity index (χ0) is 13.3. The molecule has 0 aromatic heterocycles. The summed E-state index contributed by atoms with van der Waals surface area (Å²) in [6, 6.07) is 5.32. The number of hydrogen-bond acceptors (Lipinski definition) is 3. The molecule has 0 saturated heterocycles. The number of carbonyl (C=O) groups excluding carboxylic acids is 1. The van der Waals surface area contributed by atoms with Gasteiger partial charge in [0, 0.05) is 18.1 Å². The number of hydrogen-bond donors (Lipinski definition) is 2. The van der Waals surface area contributed by atoms with Crippen LogP contribution in [0.25, 0.3) is 0 Å². The van der Waals surface area contributed by atoms with Crippen LogP contribution in [-0.2, 0) is 0 Å². The molecule has 1 aliphatic carbocycles. The molecular formula is C13H18ClN3O. The number of nitrogen functional groups attached to an aromatic ring is 1. The zero-order valence-corrected chi connectivity index (χ0v) is 11.4. The Morgan fingerprint density at radius 1 is 1.56 bits per heavy atom. The third kappa shape index (κ3) is 2.60. The van der Waals surface area contributed by atoms with Crippen molar-refractivity contribution in [1.82, 2.24) is 4.90 Å². The first kappa shape index (κ1) is 13.2. The van der Waals surface area contributed by atoms with E-state index in [1.807, 2.05) is 7.05 Å². The van der Waals surface area contributed by atoms with Gasteiger partial charge in [0.1, 0.15) is 0 Å². The molecule has 1 fully saturated rings. The Bertz CT molecular complexity index is 460. The van der Waals surface area contributed by atoms with Gasteiger partial charge in [-0.15, -0.1) is 0 Å². The molecule has 0 heterocycles. The summed E-state index contributed by atoms with van der Waals surface area (Å²) in [5, 5.41) is 0.532. The highest BCUT2D eigenvalue weighted by atomic mass is 35.5. The van der Waals surface area contributed by atoms with E-state index >= 15 is 0 Å². The fourth-order valence-electron chi connectivity index (χ4n) is 2.09. The Labute approximate surface area is 112 Å². The molecule has 1 atom stereocenters. The number of nitrogens with zero attached hydrogens (tertiary/aromatic N) is 1. The number of amides is 1. The largest absolute Gasteiger partial charge is 0.339 e. The second-order valence-corrected chi connectivity index (χ2v) is 5.26. The van der Waals surface area contributed by atoms with E-state index in [2.05, 4.69) is 12.3 Å². The van der Waals surface area contributed by atoms with Gasteiger partial charge in [-0.05, 0) is 43.9 Å². The van der Waals surface area contributed by atoms with Crippen LogP contribution in [0.4, 0.5) is 5.69 Å². The van der Waals surface area contributed by atoms with Gasteiger partial charge in [0.2, 0.25) is 0 Å². The summed E-state index contributed by atoms with van der Waals surface area (Å²) in [6.45, 7) is 2.08. The van der Waals surface area contributed by atoms with E-state index in [1.54, 1.807) is 23.1 Å². The first-order valence-electron chi connectivity index (χ1n) is 6.08. The van der Waals surface area contributed by atoms with E-state index in [-0.39, 0.29) is 11.9 Å². The van der Waals surface area contributed by atoms with Crippen molar-refractivity contribution < 1.29 is 4.79 Å². The van der Waals surface area contributed by atoms with E-state index in [0.29, 0.717) is 22.2 Å². The standard InChI is InChI=1S/C13H18ClN3O/c1-8(9-3-4-9)17(2)13(18)11-7-10(14)5-6-12(11)16-15/h5-9,16H,3-4,15H2,1-2H3.